The predicted octanol–water partition coefficient (Wildman–Crippen LogP) is 2.99. The smallest absolute Gasteiger partial charge is 0.0481 e. The molecule has 1 saturated heterocycles. The Hall–Kier alpha value is -0.860. The Bertz CT molecular complexity index is 443. The number of nitrogens with one attached hydrogen (secondary N) is 1. The minimum absolute atomic E-state index is 0.504. The summed E-state index contributed by atoms with van der Waals surface area (Å²) in [7, 11) is 2.11. The van der Waals surface area contributed by atoms with Gasteiger partial charge in [0.1, 0.15) is 0 Å². The molecule has 1 fully saturated rings. The van der Waals surface area contributed by atoms with Crippen LogP contribution in [0.15, 0.2) is 24.3 Å². The Morgan fingerprint density at radius 1 is 1.16 bits per heavy atom. The molecule has 2 aliphatic rings. The van der Waals surface area contributed by atoms with Crippen molar-refractivity contribution < 1.29 is 0 Å². The number of fused-ring (bicyclic) bond motifs is 1. The van der Waals surface area contributed by atoms with Gasteiger partial charge in [0.2, 0.25) is 0 Å². The summed E-state index contributed by atoms with van der Waals surface area (Å²) < 4.78 is 0. The highest BCUT2D eigenvalue weighted by molar-refractivity contribution is 5.37. The van der Waals surface area contributed by atoms with E-state index in [1.807, 2.05) is 0 Å². The first-order valence-corrected chi connectivity index (χ1v) is 7.71. The Morgan fingerprint density at radius 2 is 1.95 bits per heavy atom. The molecule has 2 nitrogen and oxygen atoms in total. The zero-order valence-corrected chi connectivity index (χ0v) is 12.4. The second kappa shape index (κ2) is 5.26. The molecule has 1 aromatic rings. The molecule has 1 heterocycles. The van der Waals surface area contributed by atoms with Gasteiger partial charge in [-0.2, -0.15) is 0 Å². The molecule has 4 unspecified atom stereocenters. The van der Waals surface area contributed by atoms with Crippen molar-refractivity contribution in [2.24, 2.45) is 5.92 Å². The third kappa shape index (κ3) is 2.32. The first-order valence-electron chi connectivity index (χ1n) is 7.71. The lowest BCUT2D eigenvalue weighted by molar-refractivity contribution is 0.0642. The van der Waals surface area contributed by atoms with Crippen molar-refractivity contribution in [1.29, 1.82) is 0 Å². The van der Waals surface area contributed by atoms with Gasteiger partial charge in [0.05, 0.1) is 0 Å². The van der Waals surface area contributed by atoms with E-state index in [1.165, 1.54) is 36.9 Å². The fourth-order valence-corrected chi connectivity index (χ4v) is 4.02. The molecule has 1 aliphatic carbocycles. The van der Waals surface area contributed by atoms with Gasteiger partial charge in [-0.15, -0.1) is 0 Å². The maximum Gasteiger partial charge on any atom is 0.0481 e. The molecule has 1 aromatic carbocycles. The largest absolute Gasteiger partial charge is 0.312 e. The monoisotopic (exact) mass is 258 g/mol. The second-order valence-corrected chi connectivity index (χ2v) is 6.46. The number of piperidine rings is 1. The number of rotatable bonds is 2. The minimum Gasteiger partial charge on any atom is -0.312 e. The Kier molecular flexibility index (Phi) is 3.64. The number of likely N-dealkylation sites (N-methyl/N-ethyl adjacent to an activating group) is 1. The van der Waals surface area contributed by atoms with E-state index in [0.29, 0.717) is 12.1 Å². The highest BCUT2D eigenvalue weighted by Crippen LogP contribution is 2.37. The molecule has 0 aromatic heterocycles. The van der Waals surface area contributed by atoms with Gasteiger partial charge in [-0.25, -0.2) is 0 Å². The highest BCUT2D eigenvalue weighted by Gasteiger charge is 2.38. The van der Waals surface area contributed by atoms with E-state index in [1.54, 1.807) is 0 Å². The molecule has 0 spiro atoms. The second-order valence-electron chi connectivity index (χ2n) is 6.46. The molecule has 0 bridgehead atoms. The summed E-state index contributed by atoms with van der Waals surface area (Å²) >= 11 is 0. The fourth-order valence-electron chi connectivity index (χ4n) is 4.02. The first kappa shape index (κ1) is 13.1. The number of hydrogen-bond donors (Lipinski definition) is 1. The molecule has 0 saturated carbocycles. The third-order valence-electron chi connectivity index (χ3n) is 5.11. The first-order chi connectivity index (χ1) is 9.20. The summed E-state index contributed by atoms with van der Waals surface area (Å²) in [6, 6.07) is 10.8. The van der Waals surface area contributed by atoms with Crippen LogP contribution in [0.3, 0.4) is 0 Å². The maximum absolute atomic E-state index is 3.56. The average molecular weight is 258 g/mol. The highest BCUT2D eigenvalue weighted by atomic mass is 15.2. The van der Waals surface area contributed by atoms with E-state index in [4.69, 9.17) is 0 Å². The van der Waals surface area contributed by atoms with Crippen molar-refractivity contribution in [3.05, 3.63) is 35.4 Å². The average Bonchev–Trinajstić information content (AvgIpc) is 2.79. The predicted molar refractivity (Wildman–Crippen MR) is 80.3 cm³/mol. The molecule has 4 atom stereocenters. The molecule has 3 rings (SSSR count). The van der Waals surface area contributed by atoms with Crippen molar-refractivity contribution in [1.82, 2.24) is 10.2 Å². The van der Waals surface area contributed by atoms with Crippen molar-refractivity contribution >= 4 is 0 Å². The van der Waals surface area contributed by atoms with Gasteiger partial charge in [0.15, 0.2) is 0 Å². The molecular weight excluding hydrogens is 232 g/mol. The van der Waals surface area contributed by atoms with Gasteiger partial charge in [0, 0.05) is 24.7 Å². The van der Waals surface area contributed by atoms with Gasteiger partial charge in [-0.1, -0.05) is 31.2 Å². The summed E-state index contributed by atoms with van der Waals surface area (Å²) in [4.78, 5) is 2.76. The summed E-state index contributed by atoms with van der Waals surface area (Å²) in [6.45, 7) is 6.06. The van der Waals surface area contributed by atoms with Gasteiger partial charge in [-0.05, 0) is 50.3 Å². The lowest BCUT2D eigenvalue weighted by Crippen LogP contribution is -2.50. The van der Waals surface area contributed by atoms with Crippen LogP contribution in [0.25, 0.3) is 0 Å². The van der Waals surface area contributed by atoms with Crippen LogP contribution in [0, 0.1) is 5.92 Å². The van der Waals surface area contributed by atoms with Crippen molar-refractivity contribution in [3.8, 4) is 0 Å². The molecule has 1 N–H and O–H groups in total. The van der Waals surface area contributed by atoms with Crippen molar-refractivity contribution in [3.63, 3.8) is 0 Å². The number of likely N-dealkylation sites (tertiary alicyclic amines) is 1. The lowest BCUT2D eigenvalue weighted by atomic mass is 9.92. The van der Waals surface area contributed by atoms with Crippen molar-refractivity contribution in [2.75, 3.05) is 13.6 Å². The van der Waals surface area contributed by atoms with Crippen LogP contribution >= 0.6 is 0 Å². The van der Waals surface area contributed by atoms with Gasteiger partial charge < -0.3 is 5.32 Å². The van der Waals surface area contributed by atoms with E-state index in [9.17, 15) is 0 Å². The topological polar surface area (TPSA) is 15.3 Å². The number of nitrogens with zero attached hydrogens (tertiary/aromatic N) is 1. The summed E-state index contributed by atoms with van der Waals surface area (Å²) in [6.07, 6.45) is 3.95. The minimum atomic E-state index is 0.504. The van der Waals surface area contributed by atoms with Crippen LogP contribution in [0.4, 0.5) is 0 Å². The molecule has 19 heavy (non-hydrogen) atoms. The zero-order valence-electron chi connectivity index (χ0n) is 12.4. The molecule has 1 aliphatic heterocycles. The summed E-state index contributed by atoms with van der Waals surface area (Å²) in [5.41, 5.74) is 3.05. The van der Waals surface area contributed by atoms with E-state index >= 15 is 0 Å². The van der Waals surface area contributed by atoms with Gasteiger partial charge >= 0.3 is 0 Å². The molecule has 2 heteroatoms. The van der Waals surface area contributed by atoms with Crippen LogP contribution in [0.2, 0.25) is 0 Å². The van der Waals surface area contributed by atoms with Crippen LogP contribution < -0.4 is 5.32 Å². The molecular formula is C17H26N2. The van der Waals surface area contributed by atoms with Crippen LogP contribution in [-0.4, -0.2) is 30.6 Å². The number of benzene rings is 1. The van der Waals surface area contributed by atoms with Gasteiger partial charge in [-0.3, -0.25) is 4.90 Å². The lowest BCUT2D eigenvalue weighted by Gasteiger charge is -2.43. The van der Waals surface area contributed by atoms with E-state index < -0.39 is 0 Å². The standard InChI is InChI=1S/C17H26N2/c1-12-8-9-13(2)19(11-12)16-10-14-6-4-5-7-15(14)17(16)18-3/h4-7,12-13,16-18H,8-11H2,1-3H3. The Balaban J connectivity index is 1.86. The Labute approximate surface area is 117 Å². The van der Waals surface area contributed by atoms with E-state index in [0.717, 1.165) is 12.0 Å². The van der Waals surface area contributed by atoms with E-state index in [-0.39, 0.29) is 0 Å². The fraction of sp³-hybridized carbons (Fsp3) is 0.647. The summed E-state index contributed by atoms with van der Waals surface area (Å²) in [5, 5.41) is 3.56. The van der Waals surface area contributed by atoms with E-state index in [2.05, 4.69) is 55.4 Å². The SMILES string of the molecule is CNC1c2ccccc2CC1N1CC(C)CCC1C. The maximum atomic E-state index is 3.56. The summed E-state index contributed by atoms with van der Waals surface area (Å²) in [5.74, 6) is 0.845. The Morgan fingerprint density at radius 3 is 2.74 bits per heavy atom. The quantitative estimate of drug-likeness (QED) is 0.877. The molecule has 0 amide bonds. The van der Waals surface area contributed by atoms with Gasteiger partial charge in [0.25, 0.3) is 0 Å². The normalized spacial score (nSPS) is 35.3. The van der Waals surface area contributed by atoms with Crippen molar-refractivity contribution in [2.45, 2.75) is 51.2 Å². The van der Waals surface area contributed by atoms with Crippen LogP contribution in [0.1, 0.15) is 43.9 Å². The third-order valence-corrected chi connectivity index (χ3v) is 5.11. The zero-order chi connectivity index (χ0) is 13.4. The molecule has 104 valence electrons. The van der Waals surface area contributed by atoms with Crippen LogP contribution in [-0.2, 0) is 6.42 Å². The number of hydrogen-bond acceptors (Lipinski definition) is 2. The molecule has 0 radical (unpaired) electrons. The van der Waals surface area contributed by atoms with Crippen LogP contribution in [0.5, 0.6) is 0 Å².